The molecule has 0 heterocycles. The molecule has 1 aromatic carbocycles. The molecular weight excluding hydrogens is 789 g/mol. The van der Waals surface area contributed by atoms with Crippen LogP contribution in [0.15, 0.2) is 30.3 Å². The van der Waals surface area contributed by atoms with Gasteiger partial charge in [-0.25, -0.2) is 0 Å². The number of unbranched alkanes of at least 4 members (excludes halogenated alkanes) is 1. The molecule has 0 radical (unpaired) electrons. The lowest BCUT2D eigenvalue weighted by Gasteiger charge is -2.47. The van der Waals surface area contributed by atoms with Crippen molar-refractivity contribution in [2.45, 2.75) is 188 Å². The van der Waals surface area contributed by atoms with Crippen molar-refractivity contribution in [3.8, 4) is 5.75 Å². The van der Waals surface area contributed by atoms with Crippen LogP contribution in [0.1, 0.15) is 188 Å². The van der Waals surface area contributed by atoms with E-state index in [0.29, 0.717) is 32.0 Å². The zero-order valence-corrected chi connectivity index (χ0v) is 44.4. The van der Waals surface area contributed by atoms with Gasteiger partial charge in [-0.3, -0.25) is 15.0 Å². The summed E-state index contributed by atoms with van der Waals surface area (Å²) in [7, 11) is 4.05. The predicted octanol–water partition coefficient (Wildman–Crippen LogP) is 13.5. The lowest BCUT2D eigenvalue weighted by atomic mass is 9.58. The molecule has 0 aliphatic carbocycles. The maximum atomic E-state index is 14.2. The van der Waals surface area contributed by atoms with E-state index in [9.17, 15) is 14.7 Å². The van der Waals surface area contributed by atoms with E-state index in [0.717, 1.165) is 70.1 Å². The van der Waals surface area contributed by atoms with Crippen LogP contribution in [0, 0.1) is 55.2 Å². The third-order valence-corrected chi connectivity index (χ3v) is 13.8. The third kappa shape index (κ3) is 22.4. The Balaban J connectivity index is 0.0000189. The zero-order valence-electron chi connectivity index (χ0n) is 44.4. The van der Waals surface area contributed by atoms with Crippen LogP contribution in [0.25, 0.3) is 0 Å². The molecule has 0 fully saturated rings. The van der Waals surface area contributed by atoms with Gasteiger partial charge >= 0.3 is 11.9 Å². The summed E-state index contributed by atoms with van der Waals surface area (Å²) < 4.78 is 23.5. The van der Waals surface area contributed by atoms with Crippen molar-refractivity contribution in [3.05, 3.63) is 30.3 Å². The zero-order chi connectivity index (χ0) is 48.9. The van der Waals surface area contributed by atoms with Crippen molar-refractivity contribution in [1.82, 2.24) is 4.90 Å². The minimum absolute atomic E-state index is 0.0151. The van der Waals surface area contributed by atoms with Crippen LogP contribution in [0.4, 0.5) is 0 Å². The number of ether oxygens (including phenoxy) is 4. The molecule has 0 amide bonds. The molecular formula is C54H100N2O7. The van der Waals surface area contributed by atoms with Gasteiger partial charge in [0.05, 0.1) is 18.4 Å². The Morgan fingerprint density at radius 1 is 0.651 bits per heavy atom. The Morgan fingerprint density at radius 2 is 1.14 bits per heavy atom. The van der Waals surface area contributed by atoms with E-state index in [-0.39, 0.29) is 76.1 Å². The number of nitrogens with zero attached hydrogens (tertiary/aromatic N) is 1. The predicted molar refractivity (Wildman–Crippen MR) is 264 cm³/mol. The summed E-state index contributed by atoms with van der Waals surface area (Å²) >= 11 is 0. The van der Waals surface area contributed by atoms with E-state index >= 15 is 0 Å². The number of aliphatic hydroxyl groups excluding tert-OH is 1. The number of esters is 2. The lowest BCUT2D eigenvalue weighted by molar-refractivity contribution is -0.157. The highest BCUT2D eigenvalue weighted by Gasteiger charge is 2.48. The number of benzene rings is 1. The molecule has 0 aliphatic heterocycles. The highest BCUT2D eigenvalue weighted by Crippen LogP contribution is 2.51. The Bertz CT molecular complexity index is 1440. The van der Waals surface area contributed by atoms with Gasteiger partial charge in [0.15, 0.2) is 5.90 Å². The minimum Gasteiger partial charge on any atom is -0.490 e. The van der Waals surface area contributed by atoms with Crippen LogP contribution < -0.4 is 4.74 Å². The molecule has 0 saturated carbocycles. The lowest BCUT2D eigenvalue weighted by Crippen LogP contribution is -2.46. The summed E-state index contributed by atoms with van der Waals surface area (Å²) in [6.07, 6.45) is 9.75. The Labute approximate surface area is 388 Å². The smallest absolute Gasteiger partial charge is 0.309 e. The maximum Gasteiger partial charge on any atom is 0.309 e. The van der Waals surface area contributed by atoms with Crippen LogP contribution in [0.3, 0.4) is 0 Å². The molecule has 0 aliphatic rings. The average molecular weight is 889 g/mol. The fourth-order valence-corrected chi connectivity index (χ4v) is 8.90. The van der Waals surface area contributed by atoms with E-state index in [4.69, 9.17) is 24.4 Å². The topological polar surface area (TPSA) is 118 Å². The van der Waals surface area contributed by atoms with E-state index in [1.54, 1.807) is 0 Å². The summed E-state index contributed by atoms with van der Waals surface area (Å²) in [6, 6.07) is 9.60. The van der Waals surface area contributed by atoms with Crippen molar-refractivity contribution >= 4 is 17.8 Å². The van der Waals surface area contributed by atoms with Gasteiger partial charge in [0.25, 0.3) is 0 Å². The number of aliphatic hydroxyl groups is 1. The molecule has 0 aromatic heterocycles. The molecule has 2 N–H and O–H groups in total. The van der Waals surface area contributed by atoms with Crippen molar-refractivity contribution in [1.29, 1.82) is 5.41 Å². The second kappa shape index (κ2) is 27.1. The van der Waals surface area contributed by atoms with Crippen molar-refractivity contribution < 1.29 is 33.6 Å². The number of rotatable bonds is 30. The van der Waals surface area contributed by atoms with Crippen molar-refractivity contribution in [2.24, 2.45) is 49.7 Å². The summed E-state index contributed by atoms with van der Waals surface area (Å²) in [6.45, 7) is 39.0. The molecule has 0 saturated heterocycles. The molecule has 9 nitrogen and oxygen atoms in total. The van der Waals surface area contributed by atoms with E-state index < -0.39 is 5.41 Å². The van der Waals surface area contributed by atoms with Crippen LogP contribution in [-0.4, -0.2) is 81.5 Å². The second-order valence-electron chi connectivity index (χ2n) is 23.4. The largest absolute Gasteiger partial charge is 0.490 e. The van der Waals surface area contributed by atoms with E-state index in [1.807, 2.05) is 58.3 Å². The number of hydrogen-bond acceptors (Lipinski definition) is 9. The molecule has 368 valence electrons. The van der Waals surface area contributed by atoms with E-state index in [1.165, 1.54) is 0 Å². The quantitative estimate of drug-likeness (QED) is 0.0339. The Morgan fingerprint density at radius 3 is 1.65 bits per heavy atom. The third-order valence-electron chi connectivity index (χ3n) is 13.8. The van der Waals surface area contributed by atoms with Gasteiger partial charge < -0.3 is 29.0 Å². The highest BCUT2D eigenvalue weighted by atomic mass is 16.6. The van der Waals surface area contributed by atoms with Gasteiger partial charge in [0, 0.05) is 12.0 Å². The fraction of sp³-hybridized carbons (Fsp3) is 0.833. The Hall–Kier alpha value is -2.65. The van der Waals surface area contributed by atoms with Crippen molar-refractivity contribution in [3.63, 3.8) is 0 Å². The van der Waals surface area contributed by atoms with E-state index in [2.05, 4.69) is 109 Å². The van der Waals surface area contributed by atoms with Crippen LogP contribution in [-0.2, 0) is 23.8 Å². The molecule has 63 heavy (non-hydrogen) atoms. The minimum atomic E-state index is -0.409. The molecule has 3 unspecified atom stereocenters. The van der Waals surface area contributed by atoms with Crippen molar-refractivity contribution in [2.75, 3.05) is 53.7 Å². The van der Waals surface area contributed by atoms with Crippen LogP contribution in [0.2, 0.25) is 0 Å². The number of carbonyl (C=O) groups is 2. The van der Waals surface area contributed by atoms with Gasteiger partial charge in [0.2, 0.25) is 0 Å². The van der Waals surface area contributed by atoms with Gasteiger partial charge in [-0.15, -0.1) is 0 Å². The molecule has 0 bridgehead atoms. The maximum absolute atomic E-state index is 14.2. The number of carbonyl (C=O) groups excluding carboxylic acids is 2. The first kappa shape index (κ1) is 60.4. The van der Waals surface area contributed by atoms with Gasteiger partial charge in [-0.05, 0) is 110 Å². The standard InChI is InChI=1S/C52H94N2O7.C2H6/c1-18-51(13,14)52(15,45(53)61-33-31-54(16)17)39-48(7,8)27-22-23-29-49(9,10)42(44(57)60-36-35-58-40-25-20-19-21-26-40)38-47(5,6)28-24-30-50(11,12)41(37-46(2,3)4)43(56)59-34-32-55;1-2/h19-21,25-26,41-42,53,55H,18,22-24,27-39H2,1-17H3;1-2H3. The Kier molecular flexibility index (Phi) is 26.0. The fourth-order valence-electron chi connectivity index (χ4n) is 8.90. The summed E-state index contributed by atoms with van der Waals surface area (Å²) in [5.74, 6) is 0.143. The molecule has 3 atom stereocenters. The first-order chi connectivity index (χ1) is 28.9. The highest BCUT2D eigenvalue weighted by molar-refractivity contribution is 5.80. The van der Waals surface area contributed by atoms with Gasteiger partial charge in [0.1, 0.15) is 32.2 Å². The summed E-state index contributed by atoms with van der Waals surface area (Å²) in [5.41, 5.74) is -1.37. The SMILES string of the molecule is CC.CCC(C)(C)C(C)(CC(C)(C)CCCCC(C)(C)C(CC(C)(C)CCCC(C)(C)C(CC(C)(C)C)C(=O)OCCO)C(=O)OCCOc1ccccc1)C(=N)OCCN(C)C. The number of likely N-dealkylation sites (N-methyl/N-ethyl adjacent to an activating group) is 1. The normalized spacial score (nSPS) is 14.8. The molecule has 1 aromatic rings. The second-order valence-corrected chi connectivity index (χ2v) is 23.4. The first-order valence-electron chi connectivity index (χ1n) is 24.4. The van der Waals surface area contributed by atoms with Crippen LogP contribution >= 0.6 is 0 Å². The molecule has 1 rings (SSSR count). The summed E-state index contributed by atoms with van der Waals surface area (Å²) in [5, 5.41) is 18.5. The molecule has 0 spiro atoms. The van der Waals surface area contributed by atoms with Crippen LogP contribution in [0.5, 0.6) is 5.75 Å². The van der Waals surface area contributed by atoms with Gasteiger partial charge in [-0.1, -0.05) is 155 Å². The average Bonchev–Trinajstić information content (AvgIpc) is 3.18. The number of hydrogen-bond donors (Lipinski definition) is 2. The van der Waals surface area contributed by atoms with Gasteiger partial charge in [-0.2, -0.15) is 0 Å². The number of nitrogens with one attached hydrogen (secondary N) is 1. The first-order valence-corrected chi connectivity index (χ1v) is 24.4. The summed E-state index contributed by atoms with van der Waals surface area (Å²) in [4.78, 5) is 29.5. The monoisotopic (exact) mass is 889 g/mol. The number of para-hydroxylation sites is 1. The molecule has 9 heteroatoms.